The van der Waals surface area contributed by atoms with Gasteiger partial charge in [0.05, 0.1) is 0 Å². The van der Waals surface area contributed by atoms with Gasteiger partial charge >= 0.3 is 0 Å². The number of unbranched alkanes of at least 4 members (excludes halogenated alkanes) is 2. The van der Waals surface area contributed by atoms with Crippen LogP contribution in [0.25, 0.3) is 0 Å². The van der Waals surface area contributed by atoms with Crippen LogP contribution in [0.5, 0.6) is 11.5 Å². The Morgan fingerprint density at radius 3 is 2.17 bits per heavy atom. The SMILES string of the molecule is CCCCCC1CCC(c2ccc(Oc3c(C)cc(C)cc3C)c(F)c2F)CC1. The second kappa shape index (κ2) is 9.73. The molecular formula is C26H34F2O. The molecular weight excluding hydrogens is 366 g/mol. The Morgan fingerprint density at radius 1 is 0.897 bits per heavy atom. The molecule has 158 valence electrons. The fourth-order valence-electron chi connectivity index (χ4n) is 4.82. The standard InChI is InChI=1S/C26H34F2O/c1-5-6-7-8-20-9-11-21(12-10-20)22-13-14-23(25(28)24(22)27)29-26-18(3)15-17(2)16-19(26)4/h13-16,20-21H,5-12H2,1-4H3. The molecule has 1 saturated carbocycles. The topological polar surface area (TPSA) is 9.23 Å². The lowest BCUT2D eigenvalue weighted by Crippen LogP contribution is -2.15. The minimum absolute atomic E-state index is 0.0328. The monoisotopic (exact) mass is 400 g/mol. The molecule has 0 aliphatic heterocycles. The Balaban J connectivity index is 1.71. The van der Waals surface area contributed by atoms with Crippen molar-refractivity contribution in [1.29, 1.82) is 0 Å². The molecule has 2 aromatic rings. The maximum atomic E-state index is 14.9. The average Bonchev–Trinajstić information content (AvgIpc) is 2.69. The molecule has 0 amide bonds. The van der Waals surface area contributed by atoms with E-state index in [9.17, 15) is 8.78 Å². The number of rotatable bonds is 7. The minimum atomic E-state index is -0.869. The molecule has 0 atom stereocenters. The van der Waals surface area contributed by atoms with Crippen LogP contribution in [0.1, 0.15) is 86.5 Å². The lowest BCUT2D eigenvalue weighted by atomic mass is 9.77. The number of halogens is 2. The van der Waals surface area contributed by atoms with Crippen LogP contribution < -0.4 is 4.74 Å². The third kappa shape index (κ3) is 5.18. The second-order valence-electron chi connectivity index (χ2n) is 8.82. The number of ether oxygens (including phenoxy) is 1. The first-order valence-electron chi connectivity index (χ1n) is 11.1. The van der Waals surface area contributed by atoms with Crippen molar-refractivity contribution in [2.45, 2.75) is 85.0 Å². The van der Waals surface area contributed by atoms with E-state index in [4.69, 9.17) is 4.74 Å². The normalized spacial score (nSPS) is 19.4. The maximum Gasteiger partial charge on any atom is 0.201 e. The molecule has 0 bridgehead atoms. The van der Waals surface area contributed by atoms with Crippen molar-refractivity contribution in [2.75, 3.05) is 0 Å². The van der Waals surface area contributed by atoms with Crippen molar-refractivity contribution < 1.29 is 13.5 Å². The number of hydrogen-bond donors (Lipinski definition) is 0. The highest BCUT2D eigenvalue weighted by Crippen LogP contribution is 2.41. The fraction of sp³-hybridized carbons (Fsp3) is 0.538. The van der Waals surface area contributed by atoms with E-state index >= 15 is 0 Å². The fourth-order valence-corrected chi connectivity index (χ4v) is 4.82. The molecule has 1 aliphatic rings. The van der Waals surface area contributed by atoms with Gasteiger partial charge in [-0.2, -0.15) is 4.39 Å². The summed E-state index contributed by atoms with van der Waals surface area (Å²) in [4.78, 5) is 0. The summed E-state index contributed by atoms with van der Waals surface area (Å²) in [7, 11) is 0. The predicted molar refractivity (Wildman–Crippen MR) is 116 cm³/mol. The van der Waals surface area contributed by atoms with Gasteiger partial charge in [-0.05, 0) is 81.0 Å². The molecule has 29 heavy (non-hydrogen) atoms. The third-order valence-corrected chi connectivity index (χ3v) is 6.40. The van der Waals surface area contributed by atoms with Gasteiger partial charge in [-0.25, -0.2) is 4.39 Å². The van der Waals surface area contributed by atoms with Gasteiger partial charge in [0.15, 0.2) is 11.6 Å². The highest BCUT2D eigenvalue weighted by atomic mass is 19.2. The van der Waals surface area contributed by atoms with Crippen molar-refractivity contribution in [2.24, 2.45) is 5.92 Å². The molecule has 0 N–H and O–H groups in total. The first kappa shape index (κ1) is 21.8. The zero-order valence-electron chi connectivity index (χ0n) is 18.3. The molecule has 0 aromatic heterocycles. The van der Waals surface area contributed by atoms with Crippen molar-refractivity contribution in [3.05, 3.63) is 58.2 Å². The number of aryl methyl sites for hydroxylation is 3. The van der Waals surface area contributed by atoms with E-state index in [0.29, 0.717) is 11.3 Å². The first-order valence-corrected chi connectivity index (χ1v) is 11.1. The van der Waals surface area contributed by atoms with Crippen LogP contribution in [0.3, 0.4) is 0 Å². The number of hydrogen-bond acceptors (Lipinski definition) is 1. The molecule has 1 fully saturated rings. The van der Waals surface area contributed by atoms with E-state index in [2.05, 4.69) is 6.92 Å². The van der Waals surface area contributed by atoms with Gasteiger partial charge in [0.2, 0.25) is 5.82 Å². The summed E-state index contributed by atoms with van der Waals surface area (Å²) >= 11 is 0. The molecule has 2 aromatic carbocycles. The summed E-state index contributed by atoms with van der Waals surface area (Å²) in [5.74, 6) is -0.167. The van der Waals surface area contributed by atoms with Crippen LogP contribution in [0.4, 0.5) is 8.78 Å². The molecule has 0 spiro atoms. The highest BCUT2D eigenvalue weighted by Gasteiger charge is 2.26. The summed E-state index contributed by atoms with van der Waals surface area (Å²) in [5.41, 5.74) is 3.49. The van der Waals surface area contributed by atoms with Gasteiger partial charge < -0.3 is 4.74 Å². The zero-order valence-corrected chi connectivity index (χ0v) is 18.3. The van der Waals surface area contributed by atoms with Gasteiger partial charge in [-0.15, -0.1) is 0 Å². The van der Waals surface area contributed by atoms with E-state index in [1.165, 1.54) is 25.7 Å². The summed E-state index contributed by atoms with van der Waals surface area (Å²) in [6, 6.07) is 7.31. The van der Waals surface area contributed by atoms with Crippen LogP contribution in [-0.2, 0) is 0 Å². The van der Waals surface area contributed by atoms with Crippen LogP contribution in [0, 0.1) is 38.3 Å². The lowest BCUT2D eigenvalue weighted by molar-refractivity contribution is 0.297. The van der Waals surface area contributed by atoms with Gasteiger partial charge in [0.25, 0.3) is 0 Å². The average molecular weight is 401 g/mol. The molecule has 3 heteroatoms. The molecule has 1 nitrogen and oxygen atoms in total. The molecule has 3 rings (SSSR count). The van der Waals surface area contributed by atoms with E-state index in [0.717, 1.165) is 48.3 Å². The van der Waals surface area contributed by atoms with Crippen LogP contribution in [-0.4, -0.2) is 0 Å². The van der Waals surface area contributed by atoms with Crippen molar-refractivity contribution >= 4 is 0 Å². The van der Waals surface area contributed by atoms with Gasteiger partial charge in [-0.3, -0.25) is 0 Å². The molecule has 0 unspecified atom stereocenters. The number of benzene rings is 2. The van der Waals surface area contributed by atoms with Gasteiger partial charge in [0, 0.05) is 0 Å². The Kier molecular flexibility index (Phi) is 7.32. The van der Waals surface area contributed by atoms with Crippen LogP contribution in [0.15, 0.2) is 24.3 Å². The zero-order chi connectivity index (χ0) is 21.0. The van der Waals surface area contributed by atoms with E-state index < -0.39 is 11.6 Å². The highest BCUT2D eigenvalue weighted by molar-refractivity contribution is 5.46. The molecule has 0 radical (unpaired) electrons. The Morgan fingerprint density at radius 2 is 1.55 bits per heavy atom. The van der Waals surface area contributed by atoms with E-state index in [1.54, 1.807) is 12.1 Å². The van der Waals surface area contributed by atoms with Crippen molar-refractivity contribution in [3.63, 3.8) is 0 Å². The first-order chi connectivity index (χ1) is 13.9. The summed E-state index contributed by atoms with van der Waals surface area (Å²) < 4.78 is 35.5. The Hall–Kier alpha value is -1.90. The minimum Gasteiger partial charge on any atom is -0.454 e. The van der Waals surface area contributed by atoms with E-state index in [-0.39, 0.29) is 11.7 Å². The molecule has 0 saturated heterocycles. The third-order valence-electron chi connectivity index (χ3n) is 6.40. The van der Waals surface area contributed by atoms with Gasteiger partial charge in [-0.1, -0.05) is 56.4 Å². The largest absolute Gasteiger partial charge is 0.454 e. The Labute approximate surface area is 174 Å². The van der Waals surface area contributed by atoms with Crippen molar-refractivity contribution in [1.82, 2.24) is 0 Å². The van der Waals surface area contributed by atoms with Crippen molar-refractivity contribution in [3.8, 4) is 11.5 Å². The summed E-state index contributed by atoms with van der Waals surface area (Å²) in [5, 5.41) is 0. The maximum absolute atomic E-state index is 14.9. The molecule has 1 aliphatic carbocycles. The summed E-state index contributed by atoms with van der Waals surface area (Å²) in [6.07, 6.45) is 9.24. The molecule has 0 heterocycles. The van der Waals surface area contributed by atoms with Crippen LogP contribution >= 0.6 is 0 Å². The second-order valence-corrected chi connectivity index (χ2v) is 8.82. The van der Waals surface area contributed by atoms with Gasteiger partial charge in [0.1, 0.15) is 5.75 Å². The summed E-state index contributed by atoms with van der Waals surface area (Å²) in [6.45, 7) is 8.09. The Bertz CT molecular complexity index is 812. The quantitative estimate of drug-likeness (QED) is 0.423. The lowest BCUT2D eigenvalue weighted by Gasteiger charge is -2.29. The van der Waals surface area contributed by atoms with E-state index in [1.807, 2.05) is 32.9 Å². The van der Waals surface area contributed by atoms with Crippen LogP contribution in [0.2, 0.25) is 0 Å². The smallest absolute Gasteiger partial charge is 0.201 e. The predicted octanol–water partition coefficient (Wildman–Crippen LogP) is 8.54.